The number of aromatic nitrogens is 2. The molecule has 3 nitrogen and oxygen atoms in total. The van der Waals surface area contributed by atoms with Crippen molar-refractivity contribution in [2.24, 2.45) is 0 Å². The molecule has 0 spiro atoms. The van der Waals surface area contributed by atoms with Crippen LogP contribution in [0.3, 0.4) is 0 Å². The molecule has 94 valence electrons. The van der Waals surface area contributed by atoms with Gasteiger partial charge >= 0.3 is 0 Å². The van der Waals surface area contributed by atoms with Crippen molar-refractivity contribution in [3.63, 3.8) is 0 Å². The molecular formula is C13H13BrN2OS. The fourth-order valence-corrected chi connectivity index (χ4v) is 2.26. The van der Waals surface area contributed by atoms with Crippen LogP contribution in [0.25, 0.3) is 5.57 Å². The maximum Gasteiger partial charge on any atom is 0.234 e. The van der Waals surface area contributed by atoms with E-state index in [0.717, 1.165) is 21.2 Å². The molecule has 0 radical (unpaired) electrons. The second-order valence-corrected chi connectivity index (χ2v) is 5.17. The first-order valence-corrected chi connectivity index (χ1v) is 6.58. The fourth-order valence-electron chi connectivity index (χ4n) is 1.63. The number of nitrogens with zero attached hydrogens (tertiary/aromatic N) is 2. The maximum atomic E-state index is 5.63. The molecule has 1 heterocycles. The Hall–Kier alpha value is -1.20. The Morgan fingerprint density at radius 2 is 2.28 bits per heavy atom. The molecule has 0 aliphatic rings. The van der Waals surface area contributed by atoms with Crippen LogP contribution in [-0.2, 0) is 6.61 Å². The lowest BCUT2D eigenvalue weighted by molar-refractivity contribution is 0.292. The summed E-state index contributed by atoms with van der Waals surface area (Å²) in [6.45, 7) is 6.40. The average Bonchev–Trinajstić information content (AvgIpc) is 2.73. The van der Waals surface area contributed by atoms with Gasteiger partial charge in [-0.2, -0.15) is 0 Å². The first-order valence-electron chi connectivity index (χ1n) is 5.39. The van der Waals surface area contributed by atoms with Crippen LogP contribution in [0.2, 0.25) is 0 Å². The molecule has 1 aromatic carbocycles. The van der Waals surface area contributed by atoms with E-state index in [9.17, 15) is 0 Å². The van der Waals surface area contributed by atoms with Crippen molar-refractivity contribution in [2.45, 2.75) is 13.5 Å². The first kappa shape index (κ1) is 13.2. The second kappa shape index (κ2) is 5.63. The Kier molecular flexibility index (Phi) is 4.14. The van der Waals surface area contributed by atoms with Gasteiger partial charge in [-0.1, -0.05) is 40.2 Å². The van der Waals surface area contributed by atoms with Crippen LogP contribution >= 0.6 is 28.7 Å². The Morgan fingerprint density at radius 3 is 2.89 bits per heavy atom. The highest BCUT2D eigenvalue weighted by Gasteiger charge is 2.09. The molecule has 0 atom stereocenters. The first-order chi connectivity index (χ1) is 8.58. The average molecular weight is 325 g/mol. The third kappa shape index (κ3) is 2.97. The third-order valence-electron chi connectivity index (χ3n) is 2.49. The zero-order valence-electron chi connectivity index (χ0n) is 9.93. The van der Waals surface area contributed by atoms with Gasteiger partial charge in [0.2, 0.25) is 5.88 Å². The van der Waals surface area contributed by atoms with Crippen molar-refractivity contribution in [1.29, 1.82) is 0 Å². The monoisotopic (exact) mass is 324 g/mol. The van der Waals surface area contributed by atoms with Gasteiger partial charge in [0.25, 0.3) is 0 Å². The SMILES string of the molecule is C=C(C)c1cccc(Br)c1COc1ccn(S)n1. The minimum Gasteiger partial charge on any atom is -0.472 e. The van der Waals surface area contributed by atoms with Crippen LogP contribution < -0.4 is 4.74 Å². The van der Waals surface area contributed by atoms with Crippen molar-refractivity contribution in [1.82, 2.24) is 9.19 Å². The van der Waals surface area contributed by atoms with E-state index in [-0.39, 0.29) is 0 Å². The number of allylic oxidation sites excluding steroid dienone is 1. The standard InChI is InChI=1S/C13H13BrN2OS/c1-9(2)10-4-3-5-12(14)11(10)8-17-13-6-7-16(18)15-13/h3-7,18H,1,8H2,2H3. The number of hydrogen-bond acceptors (Lipinski definition) is 3. The Labute approximate surface area is 120 Å². The van der Waals surface area contributed by atoms with E-state index in [1.165, 1.54) is 4.09 Å². The lowest BCUT2D eigenvalue weighted by atomic mass is 10.0. The summed E-state index contributed by atoms with van der Waals surface area (Å²) in [4.78, 5) is 0. The van der Waals surface area contributed by atoms with Crippen LogP contribution in [-0.4, -0.2) is 9.19 Å². The maximum absolute atomic E-state index is 5.63. The number of thiol groups is 1. The number of hydrogen-bond donors (Lipinski definition) is 1. The van der Waals surface area contributed by atoms with Crippen LogP contribution in [0.4, 0.5) is 0 Å². The zero-order chi connectivity index (χ0) is 13.1. The van der Waals surface area contributed by atoms with Gasteiger partial charge < -0.3 is 4.74 Å². The summed E-state index contributed by atoms with van der Waals surface area (Å²) in [6, 6.07) is 7.77. The molecule has 0 saturated carbocycles. The lowest BCUT2D eigenvalue weighted by Gasteiger charge is -2.11. The third-order valence-corrected chi connectivity index (χ3v) is 3.46. The van der Waals surface area contributed by atoms with Gasteiger partial charge in [0.1, 0.15) is 6.61 Å². The molecule has 2 aromatic rings. The predicted octanol–water partition coefficient (Wildman–Crippen LogP) is 3.95. The summed E-state index contributed by atoms with van der Waals surface area (Å²) in [6.07, 6.45) is 1.72. The molecule has 0 amide bonds. The second-order valence-electron chi connectivity index (χ2n) is 3.91. The van der Waals surface area contributed by atoms with Crippen LogP contribution in [0.5, 0.6) is 5.88 Å². The highest BCUT2D eigenvalue weighted by molar-refractivity contribution is 9.10. The number of ether oxygens (including phenoxy) is 1. The van der Waals surface area contributed by atoms with E-state index in [1.807, 2.05) is 25.1 Å². The summed E-state index contributed by atoms with van der Waals surface area (Å²) in [5, 5.41) is 4.05. The summed E-state index contributed by atoms with van der Waals surface area (Å²) in [5.74, 6) is 0.549. The molecular weight excluding hydrogens is 312 g/mol. The van der Waals surface area contributed by atoms with E-state index >= 15 is 0 Å². The van der Waals surface area contributed by atoms with Crippen molar-refractivity contribution >= 4 is 34.3 Å². The molecule has 0 aliphatic heterocycles. The fraction of sp³-hybridized carbons (Fsp3) is 0.154. The molecule has 18 heavy (non-hydrogen) atoms. The quantitative estimate of drug-likeness (QED) is 0.862. The minimum atomic E-state index is 0.439. The summed E-state index contributed by atoms with van der Waals surface area (Å²) in [5.41, 5.74) is 3.17. The topological polar surface area (TPSA) is 27.1 Å². The normalized spacial score (nSPS) is 10.4. The summed E-state index contributed by atoms with van der Waals surface area (Å²) < 4.78 is 8.05. The van der Waals surface area contributed by atoms with Crippen molar-refractivity contribution < 1.29 is 4.74 Å². The van der Waals surface area contributed by atoms with Crippen molar-refractivity contribution in [2.75, 3.05) is 0 Å². The van der Waals surface area contributed by atoms with E-state index in [0.29, 0.717) is 12.5 Å². The van der Waals surface area contributed by atoms with Gasteiger partial charge in [-0.25, -0.2) is 4.09 Å². The molecule has 0 saturated heterocycles. The molecule has 0 fully saturated rings. The number of benzene rings is 1. The van der Waals surface area contributed by atoms with Crippen molar-refractivity contribution in [3.05, 3.63) is 52.6 Å². The lowest BCUT2D eigenvalue weighted by Crippen LogP contribution is -2.01. The number of halogens is 1. The summed E-state index contributed by atoms with van der Waals surface area (Å²) >= 11 is 7.59. The van der Waals surface area contributed by atoms with Gasteiger partial charge in [0.05, 0.1) is 0 Å². The molecule has 0 bridgehead atoms. The van der Waals surface area contributed by atoms with Gasteiger partial charge in [-0.3, -0.25) is 0 Å². The molecule has 2 rings (SSSR count). The van der Waals surface area contributed by atoms with Gasteiger partial charge in [-0.05, 0) is 31.4 Å². The van der Waals surface area contributed by atoms with Crippen LogP contribution in [0, 0.1) is 0 Å². The van der Waals surface area contributed by atoms with Crippen LogP contribution in [0.15, 0.2) is 41.5 Å². The Balaban J connectivity index is 2.20. The van der Waals surface area contributed by atoms with E-state index in [2.05, 4.69) is 40.4 Å². The summed E-state index contributed by atoms with van der Waals surface area (Å²) in [7, 11) is 0. The van der Waals surface area contributed by atoms with E-state index in [1.54, 1.807) is 12.3 Å². The molecule has 5 heteroatoms. The van der Waals surface area contributed by atoms with Gasteiger partial charge in [0, 0.05) is 22.3 Å². The smallest absolute Gasteiger partial charge is 0.234 e. The van der Waals surface area contributed by atoms with E-state index in [4.69, 9.17) is 4.74 Å². The largest absolute Gasteiger partial charge is 0.472 e. The predicted molar refractivity (Wildman–Crippen MR) is 79.8 cm³/mol. The highest BCUT2D eigenvalue weighted by atomic mass is 79.9. The van der Waals surface area contributed by atoms with Crippen LogP contribution in [0.1, 0.15) is 18.1 Å². The molecule has 1 aromatic heterocycles. The van der Waals surface area contributed by atoms with Crippen molar-refractivity contribution in [3.8, 4) is 5.88 Å². The Bertz CT molecular complexity index is 580. The molecule has 0 aliphatic carbocycles. The molecule has 0 unspecified atom stereocenters. The number of rotatable bonds is 4. The van der Waals surface area contributed by atoms with Gasteiger partial charge in [0.15, 0.2) is 0 Å². The van der Waals surface area contributed by atoms with Gasteiger partial charge in [-0.15, -0.1) is 5.10 Å². The molecule has 0 N–H and O–H groups in total. The highest BCUT2D eigenvalue weighted by Crippen LogP contribution is 2.26. The van der Waals surface area contributed by atoms with E-state index < -0.39 is 0 Å². The minimum absolute atomic E-state index is 0.439. The zero-order valence-corrected chi connectivity index (χ0v) is 12.4. The Morgan fingerprint density at radius 1 is 1.50 bits per heavy atom.